The Morgan fingerprint density at radius 3 is 2.72 bits per heavy atom. The van der Waals surface area contributed by atoms with Crippen molar-refractivity contribution in [2.45, 2.75) is 31.8 Å². The summed E-state index contributed by atoms with van der Waals surface area (Å²) in [6, 6.07) is 0. The van der Waals surface area contributed by atoms with E-state index in [4.69, 9.17) is 15.2 Å². The van der Waals surface area contributed by atoms with Crippen LogP contribution in [0, 0.1) is 11.8 Å². The predicted molar refractivity (Wildman–Crippen MR) is 72.6 cm³/mol. The minimum absolute atomic E-state index is 0.253. The Morgan fingerprint density at radius 2 is 2.00 bits per heavy atom. The molecule has 3 atom stereocenters. The molecule has 1 saturated heterocycles. The van der Waals surface area contributed by atoms with Gasteiger partial charge < -0.3 is 20.1 Å². The fourth-order valence-corrected chi connectivity index (χ4v) is 3.13. The topological polar surface area (TPSA) is 47.7 Å². The van der Waals surface area contributed by atoms with Crippen LogP contribution in [0.15, 0.2) is 0 Å². The van der Waals surface area contributed by atoms with E-state index in [1.54, 1.807) is 0 Å². The summed E-state index contributed by atoms with van der Waals surface area (Å²) >= 11 is 0. The Hall–Kier alpha value is -0.160. The van der Waals surface area contributed by atoms with Gasteiger partial charge in [0.05, 0.1) is 19.3 Å². The fraction of sp³-hybridized carbons (Fsp3) is 1.00. The van der Waals surface area contributed by atoms with E-state index in [9.17, 15) is 0 Å². The van der Waals surface area contributed by atoms with Gasteiger partial charge in [0.15, 0.2) is 0 Å². The molecule has 1 heterocycles. The van der Waals surface area contributed by atoms with E-state index in [0.717, 1.165) is 39.5 Å². The standard InChI is InChI=1S/C14H28N2O2/c1-16-6-7-18-14(9-16)11-17-10-13-5-3-2-4-12(13)8-15/h12-14H,2-11,15H2,1H3. The molecule has 1 aliphatic carbocycles. The first-order valence-corrected chi connectivity index (χ1v) is 7.37. The molecule has 0 aromatic rings. The fourth-order valence-electron chi connectivity index (χ4n) is 3.13. The molecular weight excluding hydrogens is 228 g/mol. The van der Waals surface area contributed by atoms with Crippen molar-refractivity contribution >= 4 is 0 Å². The monoisotopic (exact) mass is 256 g/mol. The van der Waals surface area contributed by atoms with Crippen LogP contribution in [0.3, 0.4) is 0 Å². The van der Waals surface area contributed by atoms with Gasteiger partial charge in [-0.05, 0) is 38.3 Å². The number of hydrogen-bond acceptors (Lipinski definition) is 4. The molecule has 0 amide bonds. The molecule has 0 bridgehead atoms. The Kier molecular flexibility index (Phi) is 5.89. The first kappa shape index (κ1) is 14.3. The minimum Gasteiger partial charge on any atom is -0.378 e. The van der Waals surface area contributed by atoms with Crippen molar-refractivity contribution in [1.82, 2.24) is 4.90 Å². The molecule has 2 rings (SSSR count). The third kappa shape index (κ3) is 4.19. The average molecular weight is 256 g/mol. The number of rotatable bonds is 5. The zero-order valence-corrected chi connectivity index (χ0v) is 11.6. The molecule has 106 valence electrons. The Labute approximate surface area is 111 Å². The molecule has 1 saturated carbocycles. The van der Waals surface area contributed by atoms with Crippen LogP contribution < -0.4 is 5.73 Å². The van der Waals surface area contributed by atoms with Gasteiger partial charge in [0.1, 0.15) is 0 Å². The third-order valence-electron chi connectivity index (χ3n) is 4.35. The van der Waals surface area contributed by atoms with Crippen molar-refractivity contribution in [2.24, 2.45) is 17.6 Å². The summed E-state index contributed by atoms with van der Waals surface area (Å²) in [5, 5.41) is 0. The normalized spacial score (nSPS) is 34.7. The summed E-state index contributed by atoms with van der Waals surface area (Å²) in [4.78, 5) is 2.31. The van der Waals surface area contributed by atoms with Crippen molar-refractivity contribution in [2.75, 3.05) is 46.5 Å². The molecule has 4 heteroatoms. The second-order valence-electron chi connectivity index (χ2n) is 5.83. The second-order valence-corrected chi connectivity index (χ2v) is 5.83. The number of ether oxygens (including phenoxy) is 2. The van der Waals surface area contributed by atoms with Gasteiger partial charge in [0.25, 0.3) is 0 Å². The van der Waals surface area contributed by atoms with Gasteiger partial charge in [-0.1, -0.05) is 12.8 Å². The van der Waals surface area contributed by atoms with E-state index in [0.29, 0.717) is 11.8 Å². The van der Waals surface area contributed by atoms with Crippen LogP contribution in [-0.4, -0.2) is 57.5 Å². The first-order chi connectivity index (χ1) is 8.79. The van der Waals surface area contributed by atoms with E-state index in [2.05, 4.69) is 11.9 Å². The van der Waals surface area contributed by atoms with Crippen LogP contribution in [0.25, 0.3) is 0 Å². The lowest BCUT2D eigenvalue weighted by atomic mass is 9.80. The molecule has 4 nitrogen and oxygen atoms in total. The van der Waals surface area contributed by atoms with Crippen LogP contribution in [0.5, 0.6) is 0 Å². The van der Waals surface area contributed by atoms with E-state index in [-0.39, 0.29) is 6.10 Å². The van der Waals surface area contributed by atoms with Gasteiger partial charge in [-0.15, -0.1) is 0 Å². The molecule has 18 heavy (non-hydrogen) atoms. The lowest BCUT2D eigenvalue weighted by Crippen LogP contribution is -2.42. The van der Waals surface area contributed by atoms with Gasteiger partial charge >= 0.3 is 0 Å². The highest BCUT2D eigenvalue weighted by atomic mass is 16.5. The maximum Gasteiger partial charge on any atom is 0.0935 e. The molecule has 2 aliphatic rings. The molecule has 0 aromatic carbocycles. The maximum atomic E-state index is 5.89. The summed E-state index contributed by atoms with van der Waals surface area (Å²) in [6.07, 6.45) is 5.51. The lowest BCUT2D eigenvalue weighted by Gasteiger charge is -2.32. The molecule has 2 N–H and O–H groups in total. The summed E-state index contributed by atoms with van der Waals surface area (Å²) in [6.45, 7) is 5.28. The van der Waals surface area contributed by atoms with Crippen molar-refractivity contribution in [3.05, 3.63) is 0 Å². The molecule has 0 spiro atoms. The predicted octanol–water partition coefficient (Wildman–Crippen LogP) is 1.10. The molecule has 0 aromatic heterocycles. The largest absolute Gasteiger partial charge is 0.378 e. The van der Waals surface area contributed by atoms with Gasteiger partial charge in [-0.2, -0.15) is 0 Å². The second kappa shape index (κ2) is 7.43. The van der Waals surface area contributed by atoms with Gasteiger partial charge in [-0.25, -0.2) is 0 Å². The van der Waals surface area contributed by atoms with Gasteiger partial charge in [0, 0.05) is 19.7 Å². The molecule has 1 aliphatic heterocycles. The Morgan fingerprint density at radius 1 is 1.22 bits per heavy atom. The lowest BCUT2D eigenvalue weighted by molar-refractivity contribution is -0.0717. The summed E-state index contributed by atoms with van der Waals surface area (Å²) in [7, 11) is 2.14. The van der Waals surface area contributed by atoms with E-state index < -0.39 is 0 Å². The van der Waals surface area contributed by atoms with Crippen LogP contribution in [-0.2, 0) is 9.47 Å². The molecule has 2 fully saturated rings. The van der Waals surface area contributed by atoms with E-state index >= 15 is 0 Å². The van der Waals surface area contributed by atoms with E-state index in [1.165, 1.54) is 25.7 Å². The first-order valence-electron chi connectivity index (χ1n) is 7.37. The smallest absolute Gasteiger partial charge is 0.0935 e. The summed E-state index contributed by atoms with van der Waals surface area (Å²) < 4.78 is 11.6. The van der Waals surface area contributed by atoms with Crippen LogP contribution in [0.1, 0.15) is 25.7 Å². The number of nitrogens with two attached hydrogens (primary N) is 1. The van der Waals surface area contributed by atoms with Crippen LogP contribution in [0.2, 0.25) is 0 Å². The Bertz CT molecular complexity index is 238. The van der Waals surface area contributed by atoms with Crippen LogP contribution >= 0.6 is 0 Å². The zero-order chi connectivity index (χ0) is 12.8. The highest BCUT2D eigenvalue weighted by Gasteiger charge is 2.25. The summed E-state index contributed by atoms with van der Waals surface area (Å²) in [5.41, 5.74) is 5.84. The third-order valence-corrected chi connectivity index (χ3v) is 4.35. The molecular formula is C14H28N2O2. The zero-order valence-electron chi connectivity index (χ0n) is 11.6. The highest BCUT2D eigenvalue weighted by Crippen LogP contribution is 2.29. The van der Waals surface area contributed by atoms with Gasteiger partial charge in [-0.3, -0.25) is 0 Å². The number of nitrogens with zero attached hydrogens (tertiary/aromatic N) is 1. The number of hydrogen-bond donors (Lipinski definition) is 1. The number of likely N-dealkylation sites (N-methyl/N-ethyl adjacent to an activating group) is 1. The Balaban J connectivity index is 1.64. The van der Waals surface area contributed by atoms with Crippen molar-refractivity contribution < 1.29 is 9.47 Å². The SMILES string of the molecule is CN1CCOC(COCC2CCCCC2CN)C1. The maximum absolute atomic E-state index is 5.89. The molecule has 3 unspecified atom stereocenters. The van der Waals surface area contributed by atoms with Crippen LogP contribution in [0.4, 0.5) is 0 Å². The number of morpholine rings is 1. The van der Waals surface area contributed by atoms with Gasteiger partial charge in [0.2, 0.25) is 0 Å². The molecule has 0 radical (unpaired) electrons. The van der Waals surface area contributed by atoms with Crippen molar-refractivity contribution in [3.63, 3.8) is 0 Å². The average Bonchev–Trinajstić information content (AvgIpc) is 2.39. The minimum atomic E-state index is 0.253. The van der Waals surface area contributed by atoms with E-state index in [1.807, 2.05) is 0 Å². The van der Waals surface area contributed by atoms with Crippen molar-refractivity contribution in [1.29, 1.82) is 0 Å². The quantitative estimate of drug-likeness (QED) is 0.800. The van der Waals surface area contributed by atoms with Crippen molar-refractivity contribution in [3.8, 4) is 0 Å². The summed E-state index contributed by atoms with van der Waals surface area (Å²) in [5.74, 6) is 1.35. The highest BCUT2D eigenvalue weighted by molar-refractivity contribution is 4.76.